The van der Waals surface area contributed by atoms with Crippen LogP contribution in [0.3, 0.4) is 0 Å². The van der Waals surface area contributed by atoms with Crippen molar-refractivity contribution in [1.82, 2.24) is 5.32 Å². The van der Waals surface area contributed by atoms with Crippen LogP contribution >= 0.6 is 27.5 Å². The number of fused-ring (bicyclic) bond motifs is 1. The van der Waals surface area contributed by atoms with Crippen molar-refractivity contribution in [2.24, 2.45) is 5.92 Å². The number of anilines is 1. The summed E-state index contributed by atoms with van der Waals surface area (Å²) in [6.45, 7) is 1.95. The van der Waals surface area contributed by atoms with Crippen molar-refractivity contribution in [3.63, 3.8) is 0 Å². The second-order valence-electron chi connectivity index (χ2n) is 6.18. The zero-order valence-electron chi connectivity index (χ0n) is 12.1. The number of aryl methyl sites for hydroxylation is 1. The van der Waals surface area contributed by atoms with Crippen molar-refractivity contribution in [2.45, 2.75) is 51.1 Å². The van der Waals surface area contributed by atoms with E-state index in [4.69, 9.17) is 11.6 Å². The molecule has 3 atom stereocenters. The quantitative estimate of drug-likeness (QED) is 0.815. The standard InChI is InChI=1S/C16H20BrClN2O/c1-9-6-11(17)14(8-12(9)18)20-16(21)15-7-10-4-2-3-5-13(10)19-15/h6,8,10,13,15,19H,2-5,7H2,1H3,(H,20,21). The summed E-state index contributed by atoms with van der Waals surface area (Å²) < 4.78 is 0.869. The molecule has 1 heterocycles. The minimum atomic E-state index is -0.0786. The minimum absolute atomic E-state index is 0.0463. The van der Waals surface area contributed by atoms with E-state index in [1.54, 1.807) is 6.07 Å². The molecule has 3 nitrogen and oxygen atoms in total. The van der Waals surface area contributed by atoms with E-state index in [-0.39, 0.29) is 11.9 Å². The highest BCUT2D eigenvalue weighted by molar-refractivity contribution is 9.10. The molecule has 1 aromatic carbocycles. The van der Waals surface area contributed by atoms with Gasteiger partial charge in [-0.05, 0) is 65.7 Å². The maximum atomic E-state index is 12.5. The highest BCUT2D eigenvalue weighted by atomic mass is 79.9. The molecule has 2 N–H and O–H groups in total. The summed E-state index contributed by atoms with van der Waals surface area (Å²) in [5.74, 6) is 0.713. The summed E-state index contributed by atoms with van der Waals surface area (Å²) >= 11 is 9.63. The normalized spacial score (nSPS) is 28.2. The average molecular weight is 372 g/mol. The molecule has 1 aliphatic carbocycles. The third-order valence-electron chi connectivity index (χ3n) is 4.69. The highest BCUT2D eigenvalue weighted by Crippen LogP contribution is 2.34. The largest absolute Gasteiger partial charge is 0.324 e. The molecule has 1 saturated heterocycles. The molecule has 3 rings (SSSR count). The van der Waals surface area contributed by atoms with Gasteiger partial charge in [-0.3, -0.25) is 4.79 Å². The van der Waals surface area contributed by atoms with E-state index in [9.17, 15) is 4.79 Å². The second kappa shape index (κ2) is 6.27. The molecule has 0 radical (unpaired) electrons. The van der Waals surface area contributed by atoms with Crippen LogP contribution in [0.1, 0.15) is 37.7 Å². The van der Waals surface area contributed by atoms with E-state index in [0.717, 1.165) is 22.1 Å². The third-order valence-corrected chi connectivity index (χ3v) is 5.75. The summed E-state index contributed by atoms with van der Waals surface area (Å²) in [4.78, 5) is 12.5. The minimum Gasteiger partial charge on any atom is -0.324 e. The molecule has 5 heteroatoms. The number of rotatable bonds is 2. The Morgan fingerprint density at radius 2 is 2.14 bits per heavy atom. The van der Waals surface area contributed by atoms with Crippen LogP contribution in [0.25, 0.3) is 0 Å². The van der Waals surface area contributed by atoms with Crippen molar-refractivity contribution < 1.29 is 4.79 Å². The van der Waals surface area contributed by atoms with Gasteiger partial charge in [0.25, 0.3) is 0 Å². The molecule has 2 fully saturated rings. The number of carbonyl (C=O) groups is 1. The fraction of sp³-hybridized carbons (Fsp3) is 0.562. The Labute approximate surface area is 139 Å². The van der Waals surface area contributed by atoms with E-state index >= 15 is 0 Å². The van der Waals surface area contributed by atoms with Crippen molar-refractivity contribution in [3.8, 4) is 0 Å². The monoisotopic (exact) mass is 370 g/mol. The van der Waals surface area contributed by atoms with E-state index < -0.39 is 0 Å². The lowest BCUT2D eigenvalue weighted by atomic mass is 9.85. The van der Waals surface area contributed by atoms with Gasteiger partial charge >= 0.3 is 0 Å². The van der Waals surface area contributed by atoms with Gasteiger partial charge in [0.2, 0.25) is 5.91 Å². The predicted molar refractivity (Wildman–Crippen MR) is 89.8 cm³/mol. The lowest BCUT2D eigenvalue weighted by molar-refractivity contribution is -0.117. The van der Waals surface area contributed by atoms with Crippen molar-refractivity contribution in [3.05, 3.63) is 27.2 Å². The fourth-order valence-corrected chi connectivity index (χ4v) is 4.20. The Hall–Kier alpha value is -0.580. The molecule has 0 bridgehead atoms. The summed E-state index contributed by atoms with van der Waals surface area (Å²) in [6, 6.07) is 4.19. The highest BCUT2D eigenvalue weighted by Gasteiger charge is 2.38. The maximum absolute atomic E-state index is 12.5. The van der Waals surface area contributed by atoms with Crippen LogP contribution in [0.4, 0.5) is 5.69 Å². The molecule has 3 unspecified atom stereocenters. The van der Waals surface area contributed by atoms with Crippen LogP contribution in [-0.4, -0.2) is 18.0 Å². The van der Waals surface area contributed by atoms with Gasteiger partial charge in [-0.2, -0.15) is 0 Å². The smallest absolute Gasteiger partial charge is 0.241 e. The molecule has 1 aliphatic heterocycles. The number of halogens is 2. The number of amides is 1. The van der Waals surface area contributed by atoms with E-state index in [1.165, 1.54) is 25.7 Å². The number of carbonyl (C=O) groups excluding carboxylic acids is 1. The second-order valence-corrected chi connectivity index (χ2v) is 7.44. The Bertz CT molecular complexity index is 549. The number of hydrogen-bond donors (Lipinski definition) is 2. The van der Waals surface area contributed by atoms with Gasteiger partial charge in [-0.25, -0.2) is 0 Å². The van der Waals surface area contributed by atoms with Gasteiger partial charge in [0.05, 0.1) is 11.7 Å². The van der Waals surface area contributed by atoms with Crippen LogP contribution in [0.5, 0.6) is 0 Å². The third kappa shape index (κ3) is 3.27. The lowest BCUT2D eigenvalue weighted by Gasteiger charge is -2.24. The summed E-state index contributed by atoms with van der Waals surface area (Å²) in [5, 5.41) is 7.16. The SMILES string of the molecule is Cc1cc(Br)c(NC(=O)C2CC3CCCCC3N2)cc1Cl. The van der Waals surface area contributed by atoms with Crippen molar-refractivity contribution >= 4 is 39.1 Å². The van der Waals surface area contributed by atoms with Crippen LogP contribution in [-0.2, 0) is 4.79 Å². The molecule has 1 saturated carbocycles. The molecular weight excluding hydrogens is 352 g/mol. The van der Waals surface area contributed by atoms with Crippen LogP contribution < -0.4 is 10.6 Å². The van der Waals surface area contributed by atoms with Crippen molar-refractivity contribution in [2.75, 3.05) is 5.32 Å². The number of nitrogens with one attached hydrogen (secondary N) is 2. The molecule has 21 heavy (non-hydrogen) atoms. The first kappa shape index (κ1) is 15.3. The Morgan fingerprint density at radius 1 is 1.38 bits per heavy atom. The van der Waals surface area contributed by atoms with Crippen LogP contribution in [0.2, 0.25) is 5.02 Å². The van der Waals surface area contributed by atoms with Gasteiger partial charge < -0.3 is 10.6 Å². The molecular formula is C16H20BrClN2O. The van der Waals surface area contributed by atoms with E-state index in [0.29, 0.717) is 17.0 Å². The van der Waals surface area contributed by atoms with E-state index in [2.05, 4.69) is 26.6 Å². The summed E-state index contributed by atoms with van der Waals surface area (Å²) in [6.07, 6.45) is 5.99. The number of hydrogen-bond acceptors (Lipinski definition) is 2. The van der Waals surface area contributed by atoms with Crippen molar-refractivity contribution in [1.29, 1.82) is 0 Å². The predicted octanol–water partition coefficient (Wildman–Crippen LogP) is 4.27. The topological polar surface area (TPSA) is 41.1 Å². The first-order valence-corrected chi connectivity index (χ1v) is 8.74. The zero-order chi connectivity index (χ0) is 15.0. The molecule has 2 aliphatic rings. The van der Waals surface area contributed by atoms with Gasteiger partial charge in [0, 0.05) is 15.5 Å². The first-order valence-electron chi connectivity index (χ1n) is 7.57. The van der Waals surface area contributed by atoms with Gasteiger partial charge in [0.1, 0.15) is 0 Å². The Balaban J connectivity index is 1.68. The molecule has 0 aromatic heterocycles. The Kier molecular flexibility index (Phi) is 4.57. The number of benzene rings is 1. The molecule has 114 valence electrons. The molecule has 1 amide bonds. The van der Waals surface area contributed by atoms with E-state index in [1.807, 2.05) is 13.0 Å². The fourth-order valence-electron chi connectivity index (χ4n) is 3.48. The molecule has 1 aromatic rings. The molecule has 0 spiro atoms. The van der Waals surface area contributed by atoms with Gasteiger partial charge in [-0.15, -0.1) is 0 Å². The maximum Gasteiger partial charge on any atom is 0.241 e. The van der Waals surface area contributed by atoms with Crippen LogP contribution in [0, 0.1) is 12.8 Å². The summed E-state index contributed by atoms with van der Waals surface area (Å²) in [7, 11) is 0. The van der Waals surface area contributed by atoms with Crippen LogP contribution in [0.15, 0.2) is 16.6 Å². The zero-order valence-corrected chi connectivity index (χ0v) is 14.4. The summed E-state index contributed by atoms with van der Waals surface area (Å²) in [5.41, 5.74) is 1.74. The average Bonchev–Trinajstić information content (AvgIpc) is 2.88. The lowest BCUT2D eigenvalue weighted by Crippen LogP contribution is -2.39. The van der Waals surface area contributed by atoms with Gasteiger partial charge in [0.15, 0.2) is 0 Å². The van der Waals surface area contributed by atoms with Gasteiger partial charge in [-0.1, -0.05) is 24.4 Å². The Morgan fingerprint density at radius 3 is 2.90 bits per heavy atom. The first-order chi connectivity index (χ1) is 10.0.